The fraction of sp³-hybridized carbons (Fsp3) is 0.571. The highest BCUT2D eigenvalue weighted by Crippen LogP contribution is 2.29. The van der Waals surface area contributed by atoms with Gasteiger partial charge in [0.1, 0.15) is 11.9 Å². The Balaban J connectivity index is 1.53. The van der Waals surface area contributed by atoms with Crippen molar-refractivity contribution >= 4 is 17.7 Å². The molecular weight excluding hydrogens is 398 g/mol. The van der Waals surface area contributed by atoms with E-state index in [0.717, 1.165) is 31.2 Å². The molecule has 3 heterocycles. The molecule has 0 bridgehead atoms. The van der Waals surface area contributed by atoms with Gasteiger partial charge in [-0.3, -0.25) is 4.79 Å². The van der Waals surface area contributed by atoms with E-state index in [0.29, 0.717) is 49.9 Å². The van der Waals surface area contributed by atoms with Crippen molar-refractivity contribution in [2.24, 2.45) is 5.92 Å². The third-order valence-electron chi connectivity index (χ3n) is 5.68. The second-order valence-corrected chi connectivity index (χ2v) is 8.14. The number of hydrogen-bond donors (Lipinski definition) is 1. The van der Waals surface area contributed by atoms with Crippen molar-refractivity contribution in [2.45, 2.75) is 31.8 Å². The smallest absolute Gasteiger partial charge is 0.322 e. The van der Waals surface area contributed by atoms with Crippen molar-refractivity contribution in [3.8, 4) is 17.4 Å². The third kappa shape index (κ3) is 5.19. The van der Waals surface area contributed by atoms with Gasteiger partial charge in [-0.2, -0.15) is 15.0 Å². The van der Waals surface area contributed by atoms with Crippen LogP contribution < -0.4 is 15.4 Å². The van der Waals surface area contributed by atoms with Crippen LogP contribution >= 0.6 is 0 Å². The molecular formula is C21H29N7O3. The molecule has 1 amide bonds. The molecule has 0 spiro atoms. The molecule has 10 nitrogen and oxygen atoms in total. The number of ether oxygens (including phenoxy) is 2. The molecule has 0 aromatic carbocycles. The highest BCUT2D eigenvalue weighted by atomic mass is 16.5. The van der Waals surface area contributed by atoms with E-state index in [2.05, 4.69) is 24.8 Å². The first kappa shape index (κ1) is 21.2. The zero-order chi connectivity index (χ0) is 21.8. The van der Waals surface area contributed by atoms with E-state index >= 15 is 0 Å². The molecule has 2 aromatic rings. The van der Waals surface area contributed by atoms with Crippen LogP contribution in [0.15, 0.2) is 18.3 Å². The molecule has 0 unspecified atom stereocenters. The highest BCUT2D eigenvalue weighted by Gasteiger charge is 2.29. The molecule has 0 radical (unpaired) electrons. The van der Waals surface area contributed by atoms with Crippen molar-refractivity contribution < 1.29 is 14.3 Å². The molecule has 10 heteroatoms. The minimum atomic E-state index is -0.0245. The van der Waals surface area contributed by atoms with Gasteiger partial charge in [-0.05, 0) is 37.8 Å². The molecule has 2 aromatic heterocycles. The standard InChI is InChI=1S/C21H29N7O3/c1-27(2)19(29)14-3-6-16(7-4-14)31-21-25-18(15-5-8-17(22)23-13-15)24-20(26-21)28-9-11-30-12-10-28/h5,8,13-14,16H,3-4,6-7,9-12H2,1-2H3,(H2,22,23). The van der Waals surface area contributed by atoms with Crippen LogP contribution in [-0.2, 0) is 9.53 Å². The lowest BCUT2D eigenvalue weighted by atomic mass is 9.86. The number of nitrogens with zero attached hydrogens (tertiary/aromatic N) is 6. The molecule has 1 aliphatic carbocycles. The maximum atomic E-state index is 12.2. The number of carbonyl (C=O) groups is 1. The predicted octanol–water partition coefficient (Wildman–Crippen LogP) is 1.38. The maximum Gasteiger partial charge on any atom is 0.322 e. The minimum absolute atomic E-state index is 0.0245. The molecule has 166 valence electrons. The molecule has 2 N–H and O–H groups in total. The molecule has 2 aliphatic rings. The summed E-state index contributed by atoms with van der Waals surface area (Å²) in [6.07, 6.45) is 4.82. The summed E-state index contributed by atoms with van der Waals surface area (Å²) < 4.78 is 11.6. The monoisotopic (exact) mass is 427 g/mol. The first-order valence-corrected chi connectivity index (χ1v) is 10.7. The lowest BCUT2D eigenvalue weighted by Crippen LogP contribution is -2.37. The Morgan fingerprint density at radius 3 is 2.52 bits per heavy atom. The van der Waals surface area contributed by atoms with E-state index in [9.17, 15) is 4.79 Å². The average molecular weight is 428 g/mol. The Hall–Kier alpha value is -3.01. The van der Waals surface area contributed by atoms with Crippen LogP contribution in [0.4, 0.5) is 11.8 Å². The lowest BCUT2D eigenvalue weighted by Gasteiger charge is -2.30. The van der Waals surface area contributed by atoms with Crippen LogP contribution in [0.5, 0.6) is 6.01 Å². The van der Waals surface area contributed by atoms with Crippen LogP contribution in [0.1, 0.15) is 25.7 Å². The summed E-state index contributed by atoms with van der Waals surface area (Å²) >= 11 is 0. The first-order valence-electron chi connectivity index (χ1n) is 10.7. The van der Waals surface area contributed by atoms with Gasteiger partial charge in [-0.25, -0.2) is 4.98 Å². The molecule has 4 rings (SSSR count). The molecule has 1 saturated heterocycles. The Morgan fingerprint density at radius 1 is 1.13 bits per heavy atom. The van der Waals surface area contributed by atoms with Gasteiger partial charge in [0.2, 0.25) is 11.9 Å². The van der Waals surface area contributed by atoms with Gasteiger partial charge in [0, 0.05) is 44.9 Å². The van der Waals surface area contributed by atoms with Crippen LogP contribution in [0.2, 0.25) is 0 Å². The number of hydrogen-bond acceptors (Lipinski definition) is 9. The molecule has 31 heavy (non-hydrogen) atoms. The molecule has 2 fully saturated rings. The highest BCUT2D eigenvalue weighted by molar-refractivity contribution is 5.78. The summed E-state index contributed by atoms with van der Waals surface area (Å²) in [6.45, 7) is 2.68. The average Bonchev–Trinajstić information content (AvgIpc) is 2.80. The molecule has 0 atom stereocenters. The summed E-state index contributed by atoms with van der Waals surface area (Å²) in [5, 5.41) is 0. The second kappa shape index (κ2) is 9.42. The van der Waals surface area contributed by atoms with E-state index in [1.165, 1.54) is 0 Å². The fourth-order valence-corrected chi connectivity index (χ4v) is 3.91. The number of nitrogen functional groups attached to an aromatic ring is 1. The number of pyridine rings is 1. The normalized spacial score (nSPS) is 21.5. The van der Waals surface area contributed by atoms with Gasteiger partial charge >= 0.3 is 6.01 Å². The van der Waals surface area contributed by atoms with Crippen LogP contribution in [-0.4, -0.2) is 77.2 Å². The number of rotatable bonds is 5. The Labute approximate surface area is 181 Å². The van der Waals surface area contributed by atoms with Gasteiger partial charge in [0.25, 0.3) is 0 Å². The van der Waals surface area contributed by atoms with Gasteiger partial charge in [-0.1, -0.05) is 0 Å². The quantitative estimate of drug-likeness (QED) is 0.754. The second-order valence-electron chi connectivity index (χ2n) is 8.14. The molecule has 1 aliphatic heterocycles. The fourth-order valence-electron chi connectivity index (χ4n) is 3.91. The third-order valence-corrected chi connectivity index (χ3v) is 5.68. The molecule has 1 saturated carbocycles. The van der Waals surface area contributed by atoms with Crippen molar-refractivity contribution in [3.63, 3.8) is 0 Å². The van der Waals surface area contributed by atoms with Gasteiger partial charge < -0.3 is 25.0 Å². The number of amides is 1. The zero-order valence-corrected chi connectivity index (χ0v) is 18.0. The van der Waals surface area contributed by atoms with E-state index < -0.39 is 0 Å². The number of nitrogens with two attached hydrogens (primary N) is 1. The van der Waals surface area contributed by atoms with Crippen molar-refractivity contribution in [3.05, 3.63) is 18.3 Å². The van der Waals surface area contributed by atoms with Gasteiger partial charge in [0.15, 0.2) is 5.82 Å². The number of morpholine rings is 1. The summed E-state index contributed by atoms with van der Waals surface area (Å²) in [5.41, 5.74) is 6.46. The van der Waals surface area contributed by atoms with Crippen molar-refractivity contribution in [1.29, 1.82) is 0 Å². The lowest BCUT2D eigenvalue weighted by molar-refractivity contribution is -0.134. The van der Waals surface area contributed by atoms with Crippen molar-refractivity contribution in [1.82, 2.24) is 24.8 Å². The summed E-state index contributed by atoms with van der Waals surface area (Å²) in [5.74, 6) is 1.75. The summed E-state index contributed by atoms with van der Waals surface area (Å²) in [6, 6.07) is 3.85. The first-order chi connectivity index (χ1) is 15.0. The predicted molar refractivity (Wildman–Crippen MR) is 116 cm³/mol. The van der Waals surface area contributed by atoms with E-state index in [-0.39, 0.29) is 17.9 Å². The van der Waals surface area contributed by atoms with Gasteiger partial charge in [0.05, 0.1) is 13.2 Å². The Morgan fingerprint density at radius 2 is 1.87 bits per heavy atom. The number of aromatic nitrogens is 4. The Kier molecular flexibility index (Phi) is 6.45. The van der Waals surface area contributed by atoms with Crippen LogP contribution in [0, 0.1) is 5.92 Å². The summed E-state index contributed by atoms with van der Waals surface area (Å²) in [4.78, 5) is 33.9. The zero-order valence-electron chi connectivity index (χ0n) is 18.0. The number of anilines is 2. The maximum absolute atomic E-state index is 12.2. The minimum Gasteiger partial charge on any atom is -0.460 e. The largest absolute Gasteiger partial charge is 0.460 e. The topological polar surface area (TPSA) is 120 Å². The Bertz CT molecular complexity index is 892. The SMILES string of the molecule is CN(C)C(=O)C1CCC(Oc2nc(-c3ccc(N)nc3)nc(N3CCOCC3)n2)CC1. The van der Waals surface area contributed by atoms with E-state index in [4.69, 9.17) is 15.2 Å². The van der Waals surface area contributed by atoms with Crippen LogP contribution in [0.25, 0.3) is 11.4 Å². The van der Waals surface area contributed by atoms with E-state index in [1.807, 2.05) is 6.07 Å². The van der Waals surface area contributed by atoms with Crippen molar-refractivity contribution in [2.75, 3.05) is 51.0 Å². The number of carbonyl (C=O) groups excluding carboxylic acids is 1. The van der Waals surface area contributed by atoms with Crippen LogP contribution in [0.3, 0.4) is 0 Å². The van der Waals surface area contributed by atoms with E-state index in [1.54, 1.807) is 31.3 Å². The van der Waals surface area contributed by atoms with Gasteiger partial charge in [-0.15, -0.1) is 0 Å². The summed E-state index contributed by atoms with van der Waals surface area (Å²) in [7, 11) is 3.60.